The van der Waals surface area contributed by atoms with E-state index in [0.717, 1.165) is 22.0 Å². The van der Waals surface area contributed by atoms with Crippen molar-refractivity contribution in [3.05, 3.63) is 78.1 Å². The molecule has 3 aromatic carbocycles. The molecule has 0 saturated carbocycles. The summed E-state index contributed by atoms with van der Waals surface area (Å²) in [6.07, 6.45) is -0.611. The van der Waals surface area contributed by atoms with Crippen LogP contribution < -0.4 is 5.32 Å². The summed E-state index contributed by atoms with van der Waals surface area (Å²) in [6, 6.07) is 20.1. The number of anilines is 1. The van der Waals surface area contributed by atoms with Gasteiger partial charge in [0.05, 0.1) is 6.10 Å². The minimum Gasteiger partial charge on any atom is -0.387 e. The number of fused-ring (bicyclic) bond motifs is 1. The van der Waals surface area contributed by atoms with Crippen LogP contribution in [0.5, 0.6) is 0 Å². The molecule has 0 saturated heterocycles. The second-order valence-electron chi connectivity index (χ2n) is 5.01. The first-order valence-corrected chi connectivity index (χ1v) is 6.88. The highest BCUT2D eigenvalue weighted by molar-refractivity contribution is 5.83. The molecule has 0 spiro atoms. The van der Waals surface area contributed by atoms with Crippen LogP contribution in [0.3, 0.4) is 0 Å². The Balaban J connectivity index is 1.71. The topological polar surface area (TPSA) is 32.3 Å². The van der Waals surface area contributed by atoms with Gasteiger partial charge in [0.25, 0.3) is 0 Å². The fourth-order valence-electron chi connectivity index (χ4n) is 2.32. The number of aliphatic hydroxyl groups is 1. The summed E-state index contributed by atoms with van der Waals surface area (Å²) in [5, 5.41) is 15.6. The van der Waals surface area contributed by atoms with Crippen LogP contribution >= 0.6 is 0 Å². The van der Waals surface area contributed by atoms with Crippen molar-refractivity contribution < 1.29 is 9.50 Å². The van der Waals surface area contributed by atoms with E-state index in [9.17, 15) is 9.50 Å². The summed E-state index contributed by atoms with van der Waals surface area (Å²) in [5.74, 6) is -0.268. The third-order valence-electron chi connectivity index (χ3n) is 3.50. The quantitative estimate of drug-likeness (QED) is 0.754. The molecule has 21 heavy (non-hydrogen) atoms. The first kappa shape index (κ1) is 13.6. The highest BCUT2D eigenvalue weighted by Crippen LogP contribution is 2.21. The third kappa shape index (κ3) is 3.20. The molecule has 1 atom stereocenters. The third-order valence-corrected chi connectivity index (χ3v) is 3.50. The predicted molar refractivity (Wildman–Crippen MR) is 83.8 cm³/mol. The molecule has 2 nitrogen and oxygen atoms in total. The fourth-order valence-corrected chi connectivity index (χ4v) is 2.32. The normalized spacial score (nSPS) is 12.3. The van der Waals surface area contributed by atoms with Crippen molar-refractivity contribution in [2.24, 2.45) is 0 Å². The molecule has 0 aromatic heterocycles. The monoisotopic (exact) mass is 281 g/mol. The van der Waals surface area contributed by atoms with Gasteiger partial charge in [-0.25, -0.2) is 4.39 Å². The summed E-state index contributed by atoms with van der Waals surface area (Å²) in [6.45, 7) is 0.379. The van der Waals surface area contributed by atoms with Gasteiger partial charge < -0.3 is 10.4 Å². The van der Waals surface area contributed by atoms with E-state index in [1.165, 1.54) is 12.1 Å². The minimum atomic E-state index is -0.611. The van der Waals surface area contributed by atoms with Gasteiger partial charge in [0, 0.05) is 12.2 Å². The first-order chi connectivity index (χ1) is 10.2. The van der Waals surface area contributed by atoms with E-state index in [1.54, 1.807) is 12.1 Å². The smallest absolute Gasteiger partial charge is 0.123 e. The molecule has 2 N–H and O–H groups in total. The molecule has 0 heterocycles. The Morgan fingerprint density at radius 3 is 2.38 bits per heavy atom. The lowest BCUT2D eigenvalue weighted by Gasteiger charge is -2.14. The largest absolute Gasteiger partial charge is 0.387 e. The van der Waals surface area contributed by atoms with E-state index in [0.29, 0.717) is 6.54 Å². The second kappa shape index (κ2) is 5.94. The van der Waals surface area contributed by atoms with Crippen molar-refractivity contribution in [1.29, 1.82) is 0 Å². The molecule has 0 aliphatic carbocycles. The van der Waals surface area contributed by atoms with E-state index < -0.39 is 6.10 Å². The molecular weight excluding hydrogens is 265 g/mol. The van der Waals surface area contributed by atoms with Gasteiger partial charge in [-0.2, -0.15) is 0 Å². The van der Waals surface area contributed by atoms with Crippen LogP contribution in [0.25, 0.3) is 10.8 Å². The Kier molecular flexibility index (Phi) is 3.84. The Morgan fingerprint density at radius 1 is 0.905 bits per heavy atom. The van der Waals surface area contributed by atoms with Crippen molar-refractivity contribution in [2.75, 3.05) is 11.9 Å². The number of rotatable bonds is 4. The van der Waals surface area contributed by atoms with Crippen molar-refractivity contribution >= 4 is 16.5 Å². The van der Waals surface area contributed by atoms with Crippen LogP contribution in [0.2, 0.25) is 0 Å². The number of hydrogen-bond donors (Lipinski definition) is 2. The number of benzene rings is 3. The average Bonchev–Trinajstić information content (AvgIpc) is 2.53. The molecule has 0 bridgehead atoms. The van der Waals surface area contributed by atoms with Crippen molar-refractivity contribution in [1.82, 2.24) is 0 Å². The molecule has 0 aliphatic heterocycles. The van der Waals surface area contributed by atoms with Crippen LogP contribution in [0.1, 0.15) is 11.7 Å². The highest BCUT2D eigenvalue weighted by Gasteiger charge is 2.08. The minimum absolute atomic E-state index is 0.268. The van der Waals surface area contributed by atoms with Gasteiger partial charge in [-0.3, -0.25) is 0 Å². The van der Waals surface area contributed by atoms with Crippen molar-refractivity contribution in [3.8, 4) is 0 Å². The average molecular weight is 281 g/mol. The molecular formula is C18H16FNO. The number of hydrogen-bond acceptors (Lipinski definition) is 2. The number of aliphatic hydroxyl groups excluding tert-OH is 1. The molecule has 0 aliphatic rings. The molecule has 0 fully saturated rings. The Morgan fingerprint density at radius 2 is 1.62 bits per heavy atom. The van der Waals surface area contributed by atoms with E-state index in [4.69, 9.17) is 0 Å². The van der Waals surface area contributed by atoms with Crippen molar-refractivity contribution in [2.45, 2.75) is 6.10 Å². The summed E-state index contributed by atoms with van der Waals surface area (Å²) < 4.78 is 12.8. The second-order valence-corrected chi connectivity index (χ2v) is 5.01. The van der Waals surface area contributed by atoms with Gasteiger partial charge in [0.15, 0.2) is 0 Å². The lowest BCUT2D eigenvalue weighted by molar-refractivity contribution is 0.192. The first-order valence-electron chi connectivity index (χ1n) is 6.88. The molecule has 0 amide bonds. The molecule has 0 radical (unpaired) electrons. The van der Waals surface area contributed by atoms with E-state index in [2.05, 4.69) is 5.32 Å². The van der Waals surface area contributed by atoms with Crippen LogP contribution in [-0.2, 0) is 0 Å². The Bertz CT molecular complexity index is 740. The molecule has 1 unspecified atom stereocenters. The summed E-state index contributed by atoms with van der Waals surface area (Å²) in [7, 11) is 0. The standard InChI is InChI=1S/C18H16FNO/c19-16-7-9-17(10-8-16)20-12-18(21)15-6-5-13-3-1-2-4-14(13)11-15/h1-11,18,20-21H,12H2. The van der Waals surface area contributed by atoms with Gasteiger partial charge in [-0.15, -0.1) is 0 Å². The van der Waals surface area contributed by atoms with E-state index in [1.807, 2.05) is 42.5 Å². The van der Waals surface area contributed by atoms with Crippen molar-refractivity contribution in [3.63, 3.8) is 0 Å². The van der Waals surface area contributed by atoms with Crippen LogP contribution in [0, 0.1) is 5.82 Å². The predicted octanol–water partition coefficient (Wildman–Crippen LogP) is 4.12. The van der Waals surface area contributed by atoms with Crippen LogP contribution in [0.15, 0.2) is 66.7 Å². The number of nitrogens with one attached hydrogen (secondary N) is 1. The lowest BCUT2D eigenvalue weighted by Crippen LogP contribution is -2.12. The zero-order chi connectivity index (χ0) is 14.7. The summed E-state index contributed by atoms with van der Waals surface area (Å²) in [5.41, 5.74) is 1.65. The maximum absolute atomic E-state index is 12.8. The summed E-state index contributed by atoms with van der Waals surface area (Å²) in [4.78, 5) is 0. The zero-order valence-corrected chi connectivity index (χ0v) is 11.5. The van der Waals surface area contributed by atoms with Gasteiger partial charge in [0.2, 0.25) is 0 Å². The van der Waals surface area contributed by atoms with Gasteiger partial charge in [-0.1, -0.05) is 36.4 Å². The lowest BCUT2D eigenvalue weighted by atomic mass is 10.0. The Labute approximate surface area is 122 Å². The van der Waals surface area contributed by atoms with Crippen LogP contribution in [-0.4, -0.2) is 11.7 Å². The Hall–Kier alpha value is -2.39. The maximum Gasteiger partial charge on any atom is 0.123 e. The van der Waals surface area contributed by atoms with E-state index in [-0.39, 0.29) is 5.82 Å². The van der Waals surface area contributed by atoms with Crippen LogP contribution in [0.4, 0.5) is 10.1 Å². The van der Waals surface area contributed by atoms with E-state index >= 15 is 0 Å². The maximum atomic E-state index is 12.8. The van der Waals surface area contributed by atoms with Gasteiger partial charge >= 0.3 is 0 Å². The zero-order valence-electron chi connectivity index (χ0n) is 11.5. The van der Waals surface area contributed by atoms with Gasteiger partial charge in [0.1, 0.15) is 5.82 Å². The SMILES string of the molecule is OC(CNc1ccc(F)cc1)c1ccc2ccccc2c1. The molecule has 3 aromatic rings. The number of halogens is 1. The molecule has 106 valence electrons. The molecule has 3 heteroatoms. The highest BCUT2D eigenvalue weighted by atomic mass is 19.1. The molecule has 3 rings (SSSR count). The summed E-state index contributed by atoms with van der Waals surface area (Å²) >= 11 is 0. The van der Waals surface area contributed by atoms with Gasteiger partial charge in [-0.05, 0) is 46.7 Å². The fraction of sp³-hybridized carbons (Fsp3) is 0.111.